The van der Waals surface area contributed by atoms with E-state index in [4.69, 9.17) is 23.9 Å². The molecule has 0 saturated heterocycles. The Hall–Kier alpha value is -4.30. The summed E-state index contributed by atoms with van der Waals surface area (Å²) < 4.78 is 22.6. The molecule has 43 heavy (non-hydrogen) atoms. The van der Waals surface area contributed by atoms with E-state index in [2.05, 4.69) is 26.1 Å². The van der Waals surface area contributed by atoms with Gasteiger partial charge in [-0.2, -0.15) is 0 Å². The van der Waals surface area contributed by atoms with E-state index in [1.807, 2.05) is 66.7 Å². The maximum atomic E-state index is 13.6. The summed E-state index contributed by atoms with van der Waals surface area (Å²) in [7, 11) is 1.62. The van der Waals surface area contributed by atoms with Crippen molar-refractivity contribution in [2.24, 2.45) is 16.3 Å². The smallest absolute Gasteiger partial charge is 0.259 e. The van der Waals surface area contributed by atoms with E-state index < -0.39 is 0 Å². The van der Waals surface area contributed by atoms with Crippen LogP contribution in [0.2, 0.25) is 0 Å². The van der Waals surface area contributed by atoms with Gasteiger partial charge in [-0.1, -0.05) is 45.0 Å². The van der Waals surface area contributed by atoms with Crippen LogP contribution in [0.1, 0.15) is 59.1 Å². The van der Waals surface area contributed by atoms with Gasteiger partial charge < -0.3 is 24.3 Å². The van der Waals surface area contributed by atoms with Crippen LogP contribution in [0.15, 0.2) is 71.7 Å². The Labute approximate surface area is 256 Å². The molecular weight excluding hydrogens is 560 g/mol. The monoisotopic (exact) mass is 596 g/mol. The molecule has 6 rings (SSSR count). The number of hydrogen-bond acceptors (Lipinski definition) is 7. The number of aliphatic imine (C=N–C) groups is 1. The van der Waals surface area contributed by atoms with E-state index in [9.17, 15) is 4.79 Å². The molecule has 1 aromatic heterocycles. The van der Waals surface area contributed by atoms with E-state index in [1.54, 1.807) is 24.7 Å². The fourth-order valence-corrected chi connectivity index (χ4v) is 6.83. The molecular formula is C35H36N2O5S. The molecule has 2 heterocycles. The van der Waals surface area contributed by atoms with Crippen molar-refractivity contribution in [3.63, 3.8) is 0 Å². The standard InChI is InChI=1S/C35H36N2O5S/c1-35(2,3)24-12-13-26-31(18-24)43-34(32(26)33(38)37-25-8-6-5-7-9-25)36-19-22-10-14-27(29(16-22)39-4)40-20-23-11-15-28-30(17-23)42-21-41-28/h5-11,14-17,19,24H,12-13,18,20-21H2,1-4H3,(H,37,38)/t24-/m1/s1. The SMILES string of the molecule is COc1cc(C=Nc2sc3c(c2C(=O)Nc2ccccc2)CC[C@@H](C(C)(C)C)C3)ccc1OCc1ccc2c(c1)OCO2. The zero-order valence-electron chi connectivity index (χ0n) is 24.9. The van der Waals surface area contributed by atoms with Crippen molar-refractivity contribution in [1.82, 2.24) is 0 Å². The number of amides is 1. The van der Waals surface area contributed by atoms with Crippen LogP contribution in [-0.2, 0) is 19.4 Å². The van der Waals surface area contributed by atoms with Crippen LogP contribution in [-0.4, -0.2) is 26.0 Å². The highest BCUT2D eigenvalue weighted by Gasteiger charge is 2.33. The molecule has 0 spiro atoms. The zero-order chi connectivity index (χ0) is 30.0. The number of ether oxygens (including phenoxy) is 4. The summed E-state index contributed by atoms with van der Waals surface area (Å²) in [5, 5.41) is 3.82. The van der Waals surface area contributed by atoms with Gasteiger partial charge in [0.15, 0.2) is 23.0 Å². The van der Waals surface area contributed by atoms with Gasteiger partial charge >= 0.3 is 0 Å². The van der Waals surface area contributed by atoms with Gasteiger partial charge in [0.1, 0.15) is 11.6 Å². The second-order valence-electron chi connectivity index (χ2n) is 12.0. The Morgan fingerprint density at radius 3 is 2.65 bits per heavy atom. The summed E-state index contributed by atoms with van der Waals surface area (Å²) in [5.41, 5.74) is 4.61. The van der Waals surface area contributed by atoms with Gasteiger partial charge in [0, 0.05) is 16.8 Å². The highest BCUT2D eigenvalue weighted by atomic mass is 32.1. The van der Waals surface area contributed by atoms with Crippen molar-refractivity contribution in [1.29, 1.82) is 0 Å². The number of methoxy groups -OCH3 is 1. The van der Waals surface area contributed by atoms with Gasteiger partial charge in [0.05, 0.1) is 12.7 Å². The number of thiophene rings is 1. The molecule has 1 N–H and O–H groups in total. The van der Waals surface area contributed by atoms with E-state index in [-0.39, 0.29) is 18.1 Å². The molecule has 1 atom stereocenters. The quantitative estimate of drug-likeness (QED) is 0.207. The summed E-state index contributed by atoms with van der Waals surface area (Å²) >= 11 is 1.63. The molecule has 7 nitrogen and oxygen atoms in total. The second kappa shape index (κ2) is 12.1. The maximum Gasteiger partial charge on any atom is 0.259 e. The third-order valence-corrected chi connectivity index (χ3v) is 9.24. The molecule has 1 amide bonds. The molecule has 0 unspecified atom stereocenters. The van der Waals surface area contributed by atoms with Crippen LogP contribution < -0.4 is 24.3 Å². The van der Waals surface area contributed by atoms with Crippen LogP contribution >= 0.6 is 11.3 Å². The lowest BCUT2D eigenvalue weighted by atomic mass is 9.72. The van der Waals surface area contributed by atoms with Gasteiger partial charge in [0.25, 0.3) is 5.91 Å². The normalized spacial score (nSPS) is 15.8. The van der Waals surface area contributed by atoms with Crippen molar-refractivity contribution in [3.05, 3.63) is 93.9 Å². The highest BCUT2D eigenvalue weighted by molar-refractivity contribution is 7.16. The molecule has 0 saturated carbocycles. The van der Waals surface area contributed by atoms with Crippen molar-refractivity contribution in [3.8, 4) is 23.0 Å². The molecule has 3 aromatic carbocycles. The number of nitrogens with zero attached hydrogens (tertiary/aromatic N) is 1. The molecule has 0 fully saturated rings. The summed E-state index contributed by atoms with van der Waals surface area (Å²) in [6.45, 7) is 7.49. The molecule has 0 radical (unpaired) electrons. The van der Waals surface area contributed by atoms with Gasteiger partial charge in [-0.25, -0.2) is 4.99 Å². The molecule has 8 heteroatoms. The number of carbonyl (C=O) groups excluding carboxylic acids is 1. The van der Waals surface area contributed by atoms with Crippen molar-refractivity contribution in [2.75, 3.05) is 19.2 Å². The second-order valence-corrected chi connectivity index (χ2v) is 13.0. The number of anilines is 1. The predicted molar refractivity (Wildman–Crippen MR) is 171 cm³/mol. The minimum Gasteiger partial charge on any atom is -0.493 e. The Bertz CT molecular complexity index is 1650. The lowest BCUT2D eigenvalue weighted by Crippen LogP contribution is -2.27. The fraction of sp³-hybridized carbons (Fsp3) is 0.314. The molecule has 4 aromatic rings. The third kappa shape index (κ3) is 6.39. The van der Waals surface area contributed by atoms with Gasteiger partial charge in [-0.3, -0.25) is 4.79 Å². The van der Waals surface area contributed by atoms with Gasteiger partial charge in [-0.05, 0) is 89.8 Å². The van der Waals surface area contributed by atoms with Crippen molar-refractivity contribution < 1.29 is 23.7 Å². The topological polar surface area (TPSA) is 78.4 Å². The Morgan fingerprint density at radius 2 is 1.86 bits per heavy atom. The maximum absolute atomic E-state index is 13.6. The lowest BCUT2D eigenvalue weighted by molar-refractivity contribution is 0.102. The molecule has 222 valence electrons. The zero-order valence-corrected chi connectivity index (χ0v) is 25.8. The predicted octanol–water partition coefficient (Wildman–Crippen LogP) is 8.22. The summed E-state index contributed by atoms with van der Waals surface area (Å²) in [4.78, 5) is 19.8. The van der Waals surface area contributed by atoms with E-state index >= 15 is 0 Å². The number of carbonyl (C=O) groups is 1. The van der Waals surface area contributed by atoms with E-state index in [0.29, 0.717) is 29.6 Å². The Morgan fingerprint density at radius 1 is 1.05 bits per heavy atom. The minimum atomic E-state index is -0.116. The van der Waals surface area contributed by atoms with Crippen LogP contribution in [0.5, 0.6) is 23.0 Å². The van der Waals surface area contributed by atoms with Crippen molar-refractivity contribution >= 4 is 34.1 Å². The van der Waals surface area contributed by atoms with Crippen LogP contribution in [0.25, 0.3) is 0 Å². The first-order valence-corrected chi connectivity index (χ1v) is 15.3. The number of fused-ring (bicyclic) bond motifs is 2. The van der Waals surface area contributed by atoms with E-state index in [1.165, 1.54) is 4.88 Å². The molecule has 2 aliphatic rings. The fourth-order valence-electron chi connectivity index (χ4n) is 5.56. The molecule has 0 bridgehead atoms. The number of nitrogens with one attached hydrogen (secondary N) is 1. The number of para-hydroxylation sites is 1. The van der Waals surface area contributed by atoms with Gasteiger partial charge in [-0.15, -0.1) is 11.3 Å². The molecule has 1 aliphatic heterocycles. The number of rotatable bonds is 8. The molecule has 1 aliphatic carbocycles. The van der Waals surface area contributed by atoms with E-state index in [0.717, 1.165) is 58.1 Å². The van der Waals surface area contributed by atoms with Crippen LogP contribution in [0.3, 0.4) is 0 Å². The van der Waals surface area contributed by atoms with Crippen LogP contribution in [0, 0.1) is 11.3 Å². The average molecular weight is 597 g/mol. The lowest BCUT2D eigenvalue weighted by Gasteiger charge is -2.33. The van der Waals surface area contributed by atoms with Crippen molar-refractivity contribution in [2.45, 2.75) is 46.6 Å². The Balaban J connectivity index is 1.24. The third-order valence-electron chi connectivity index (χ3n) is 8.08. The van der Waals surface area contributed by atoms with Gasteiger partial charge in [0.2, 0.25) is 6.79 Å². The first-order chi connectivity index (χ1) is 20.8. The highest BCUT2D eigenvalue weighted by Crippen LogP contribution is 2.45. The Kier molecular flexibility index (Phi) is 8.13. The summed E-state index contributed by atoms with van der Waals surface area (Å²) in [6, 6.07) is 21.0. The largest absolute Gasteiger partial charge is 0.493 e. The van der Waals surface area contributed by atoms with Crippen LogP contribution in [0.4, 0.5) is 10.7 Å². The summed E-state index contributed by atoms with van der Waals surface area (Å²) in [6.07, 6.45) is 4.70. The minimum absolute atomic E-state index is 0.116. The first-order valence-electron chi connectivity index (χ1n) is 14.5. The number of benzene rings is 3. The number of hydrogen-bond donors (Lipinski definition) is 1. The first kappa shape index (κ1) is 28.8. The average Bonchev–Trinajstić information content (AvgIpc) is 3.63. The summed E-state index contributed by atoms with van der Waals surface area (Å²) in [5.74, 6) is 3.14.